The van der Waals surface area contributed by atoms with Crippen LogP contribution >= 0.6 is 0 Å². The van der Waals surface area contributed by atoms with Crippen molar-refractivity contribution in [3.8, 4) is 0 Å². The molecule has 15 heteroatoms. The van der Waals surface area contributed by atoms with Crippen LogP contribution in [-0.2, 0) is 35.3 Å². The summed E-state index contributed by atoms with van der Waals surface area (Å²) in [5.41, 5.74) is -0.649. The van der Waals surface area contributed by atoms with E-state index in [2.05, 4.69) is 10.4 Å². The van der Waals surface area contributed by atoms with Crippen molar-refractivity contribution >= 4 is 17.6 Å². The zero-order valence-corrected chi connectivity index (χ0v) is 19.7. The molecule has 0 fully saturated rings. The van der Waals surface area contributed by atoms with E-state index in [1.807, 2.05) is 0 Å². The highest BCUT2D eigenvalue weighted by molar-refractivity contribution is 5.94. The molecule has 0 unspecified atom stereocenters. The second-order valence-electron chi connectivity index (χ2n) is 8.72. The molecule has 37 heavy (non-hydrogen) atoms. The SMILES string of the molecule is C[C@@H]1Cc2nn3c(c2CN1C(=O)Nc1ccc(F)c(C(F)(F)F)c1)C(=O)N(C)O[C@H](COCC(F)F)C3. The van der Waals surface area contributed by atoms with Crippen molar-refractivity contribution in [2.24, 2.45) is 0 Å². The Kier molecular flexibility index (Phi) is 7.37. The van der Waals surface area contributed by atoms with Crippen molar-refractivity contribution in [1.29, 1.82) is 0 Å². The minimum absolute atomic E-state index is 0.0258. The molecule has 0 saturated carbocycles. The van der Waals surface area contributed by atoms with Crippen molar-refractivity contribution in [1.82, 2.24) is 19.7 Å². The third kappa shape index (κ3) is 5.66. The van der Waals surface area contributed by atoms with Crippen LogP contribution in [0.5, 0.6) is 0 Å². The van der Waals surface area contributed by atoms with Gasteiger partial charge in [0.15, 0.2) is 0 Å². The molecule has 1 aromatic carbocycles. The lowest BCUT2D eigenvalue weighted by Gasteiger charge is -2.33. The predicted molar refractivity (Wildman–Crippen MR) is 115 cm³/mol. The maximum Gasteiger partial charge on any atom is 0.419 e. The van der Waals surface area contributed by atoms with Gasteiger partial charge in [-0.15, -0.1) is 0 Å². The van der Waals surface area contributed by atoms with Crippen LogP contribution in [0.25, 0.3) is 0 Å². The van der Waals surface area contributed by atoms with Crippen LogP contribution in [0.4, 0.5) is 36.8 Å². The first-order chi connectivity index (χ1) is 17.3. The Morgan fingerprint density at radius 2 is 2.05 bits per heavy atom. The number of rotatable bonds is 5. The lowest BCUT2D eigenvalue weighted by molar-refractivity contribution is -0.169. The molecule has 2 aliphatic rings. The fourth-order valence-electron chi connectivity index (χ4n) is 4.27. The Labute approximate surface area is 206 Å². The molecule has 0 radical (unpaired) electrons. The van der Waals surface area contributed by atoms with E-state index in [0.29, 0.717) is 23.4 Å². The first-order valence-electron chi connectivity index (χ1n) is 11.2. The summed E-state index contributed by atoms with van der Waals surface area (Å²) in [4.78, 5) is 32.8. The van der Waals surface area contributed by atoms with E-state index in [1.54, 1.807) is 6.92 Å². The molecule has 1 N–H and O–H groups in total. The number of hydrogen-bond acceptors (Lipinski definition) is 5. The fraction of sp³-hybridized carbons (Fsp3) is 0.500. The summed E-state index contributed by atoms with van der Waals surface area (Å²) >= 11 is 0. The van der Waals surface area contributed by atoms with Gasteiger partial charge in [0, 0.05) is 30.8 Å². The Hall–Kier alpha value is -3.33. The van der Waals surface area contributed by atoms with Gasteiger partial charge in [-0.1, -0.05) is 0 Å². The first kappa shape index (κ1) is 26.7. The quantitative estimate of drug-likeness (QED) is 0.591. The Morgan fingerprint density at radius 1 is 1.32 bits per heavy atom. The molecule has 0 aliphatic carbocycles. The lowest BCUT2D eigenvalue weighted by Crippen LogP contribution is -2.45. The number of hydroxylamine groups is 2. The molecule has 2 aromatic rings. The second-order valence-corrected chi connectivity index (χ2v) is 8.72. The fourth-order valence-corrected chi connectivity index (χ4v) is 4.27. The highest BCUT2D eigenvalue weighted by Crippen LogP contribution is 2.34. The molecule has 2 atom stereocenters. The van der Waals surface area contributed by atoms with Crippen LogP contribution in [0.3, 0.4) is 0 Å². The maximum atomic E-state index is 13.6. The highest BCUT2D eigenvalue weighted by atomic mass is 19.4. The molecule has 2 aliphatic heterocycles. The van der Waals surface area contributed by atoms with E-state index in [1.165, 1.54) is 16.6 Å². The number of nitrogens with one attached hydrogen (secondary N) is 1. The third-order valence-electron chi connectivity index (χ3n) is 5.99. The average Bonchev–Trinajstić information content (AvgIpc) is 3.08. The number of ether oxygens (including phenoxy) is 1. The largest absolute Gasteiger partial charge is 0.419 e. The van der Waals surface area contributed by atoms with Crippen LogP contribution in [0, 0.1) is 5.82 Å². The molecule has 202 valence electrons. The summed E-state index contributed by atoms with van der Waals surface area (Å²) in [6.45, 7) is 0.639. The molecule has 9 nitrogen and oxygen atoms in total. The van der Waals surface area contributed by atoms with Crippen LogP contribution in [0.1, 0.15) is 34.2 Å². The van der Waals surface area contributed by atoms with Gasteiger partial charge in [-0.05, 0) is 25.1 Å². The molecule has 3 heterocycles. The molecular weight excluding hydrogens is 512 g/mol. The number of carbonyl (C=O) groups is 2. The van der Waals surface area contributed by atoms with Gasteiger partial charge in [-0.25, -0.2) is 23.0 Å². The monoisotopic (exact) mass is 535 g/mol. The zero-order chi connectivity index (χ0) is 27.1. The van der Waals surface area contributed by atoms with E-state index in [0.717, 1.165) is 11.1 Å². The van der Waals surface area contributed by atoms with Gasteiger partial charge >= 0.3 is 12.2 Å². The van der Waals surface area contributed by atoms with Gasteiger partial charge in [0.25, 0.3) is 12.3 Å². The number of amides is 3. The predicted octanol–water partition coefficient (Wildman–Crippen LogP) is 3.69. The summed E-state index contributed by atoms with van der Waals surface area (Å²) < 4.78 is 83.9. The Bertz CT molecular complexity index is 1190. The number of carbonyl (C=O) groups excluding carboxylic acids is 2. The summed E-state index contributed by atoms with van der Waals surface area (Å²) in [6, 6.07) is 0.945. The van der Waals surface area contributed by atoms with Gasteiger partial charge in [-0.2, -0.15) is 18.3 Å². The van der Waals surface area contributed by atoms with E-state index < -0.39 is 54.7 Å². The minimum atomic E-state index is -4.94. The number of hydrogen-bond donors (Lipinski definition) is 1. The van der Waals surface area contributed by atoms with Gasteiger partial charge in [-0.3, -0.25) is 14.3 Å². The van der Waals surface area contributed by atoms with E-state index in [4.69, 9.17) is 9.57 Å². The zero-order valence-electron chi connectivity index (χ0n) is 19.7. The van der Waals surface area contributed by atoms with E-state index in [9.17, 15) is 35.9 Å². The smallest absolute Gasteiger partial charge is 0.373 e. The van der Waals surface area contributed by atoms with Gasteiger partial charge in [0.1, 0.15) is 24.2 Å². The molecule has 0 saturated heterocycles. The standard InChI is InChI=1S/C22H23F6N5O4/c1-11-5-17-14(8-32(11)21(35)29-12-3-4-16(23)15(6-12)22(26,27)28)19-20(34)31(2)37-13(7-33(19)30-17)9-36-10-18(24)25/h3-4,6,11,13,18H,5,7-10H2,1-2H3,(H,29,35)/t11-,13+/m1/s1. The van der Waals surface area contributed by atoms with Crippen molar-refractivity contribution in [2.45, 2.75) is 51.2 Å². The maximum absolute atomic E-state index is 13.6. The van der Waals surface area contributed by atoms with Gasteiger partial charge in [0.05, 0.1) is 31.0 Å². The van der Waals surface area contributed by atoms with Crippen LogP contribution < -0.4 is 5.32 Å². The third-order valence-corrected chi connectivity index (χ3v) is 5.99. The summed E-state index contributed by atoms with van der Waals surface area (Å²) in [5, 5.41) is 7.76. The van der Waals surface area contributed by atoms with Gasteiger partial charge < -0.3 is 15.0 Å². The molecule has 4 rings (SSSR count). The molecular formula is C22H23F6N5O4. The topological polar surface area (TPSA) is 88.9 Å². The van der Waals surface area contributed by atoms with Gasteiger partial charge in [0.2, 0.25) is 0 Å². The molecule has 3 amide bonds. The number of fused-ring (bicyclic) bond motifs is 3. The number of halogens is 6. The number of benzene rings is 1. The van der Waals surface area contributed by atoms with E-state index in [-0.39, 0.29) is 37.5 Å². The van der Waals surface area contributed by atoms with Crippen molar-refractivity contribution < 1.29 is 45.5 Å². The minimum Gasteiger partial charge on any atom is -0.373 e. The summed E-state index contributed by atoms with van der Waals surface area (Å²) in [5.74, 6) is -2.04. The second kappa shape index (κ2) is 10.2. The highest BCUT2D eigenvalue weighted by Gasteiger charge is 2.38. The summed E-state index contributed by atoms with van der Waals surface area (Å²) in [7, 11) is 1.35. The van der Waals surface area contributed by atoms with Crippen molar-refractivity contribution in [3.63, 3.8) is 0 Å². The van der Waals surface area contributed by atoms with Crippen LogP contribution in [0.15, 0.2) is 18.2 Å². The summed E-state index contributed by atoms with van der Waals surface area (Å²) in [6.07, 6.45) is -8.14. The number of anilines is 1. The van der Waals surface area contributed by atoms with Crippen LogP contribution in [0.2, 0.25) is 0 Å². The number of nitrogens with zero attached hydrogens (tertiary/aromatic N) is 4. The van der Waals surface area contributed by atoms with Crippen LogP contribution in [-0.4, -0.2) is 70.5 Å². The number of alkyl halides is 5. The first-order valence-corrected chi connectivity index (χ1v) is 11.2. The molecule has 0 bridgehead atoms. The number of aromatic nitrogens is 2. The average molecular weight is 535 g/mol. The normalized spacial score (nSPS) is 20.1. The van der Waals surface area contributed by atoms with E-state index >= 15 is 0 Å². The van der Waals surface area contributed by atoms with Crippen molar-refractivity contribution in [3.05, 3.63) is 46.5 Å². The van der Waals surface area contributed by atoms with Crippen molar-refractivity contribution in [2.75, 3.05) is 25.6 Å². The Balaban J connectivity index is 1.55. The lowest BCUT2D eigenvalue weighted by atomic mass is 9.99. The molecule has 1 aromatic heterocycles. The number of urea groups is 1. The molecule has 0 spiro atoms. The Morgan fingerprint density at radius 3 is 2.73 bits per heavy atom.